The van der Waals surface area contributed by atoms with E-state index >= 15 is 0 Å². The van der Waals surface area contributed by atoms with Gasteiger partial charge in [0.1, 0.15) is 0 Å². The fourth-order valence-corrected chi connectivity index (χ4v) is 4.05. The molecule has 2 N–H and O–H groups in total. The molecule has 0 unspecified atom stereocenters. The first-order chi connectivity index (χ1) is 15.8. The Hall–Kier alpha value is -3.31. The zero-order valence-corrected chi connectivity index (χ0v) is 18.7. The summed E-state index contributed by atoms with van der Waals surface area (Å²) in [4.78, 5) is 6.80. The van der Waals surface area contributed by atoms with Gasteiger partial charge in [0.25, 0.3) is 0 Å². The fourth-order valence-electron chi connectivity index (χ4n) is 4.05. The molecule has 5 heteroatoms. The lowest BCUT2D eigenvalue weighted by Crippen LogP contribution is -2.39. The van der Waals surface area contributed by atoms with Gasteiger partial charge >= 0.3 is 0 Å². The molecule has 1 heterocycles. The van der Waals surface area contributed by atoms with Crippen molar-refractivity contribution < 1.29 is 4.74 Å². The molecule has 0 bridgehead atoms. The van der Waals surface area contributed by atoms with Gasteiger partial charge in [-0.15, -0.1) is 0 Å². The van der Waals surface area contributed by atoms with Crippen molar-refractivity contribution in [2.75, 3.05) is 44.8 Å². The van der Waals surface area contributed by atoms with Gasteiger partial charge in [0, 0.05) is 44.8 Å². The molecule has 32 heavy (non-hydrogen) atoms. The van der Waals surface area contributed by atoms with Crippen molar-refractivity contribution in [3.63, 3.8) is 0 Å². The second-order valence-corrected chi connectivity index (χ2v) is 7.95. The Morgan fingerprint density at radius 2 is 1.44 bits per heavy atom. The summed E-state index contributed by atoms with van der Waals surface area (Å²) < 4.78 is 5.45. The van der Waals surface area contributed by atoms with Gasteiger partial charge in [0.05, 0.1) is 13.2 Å². The van der Waals surface area contributed by atoms with Crippen LogP contribution in [0.3, 0.4) is 0 Å². The predicted molar refractivity (Wildman–Crippen MR) is 132 cm³/mol. The Kier molecular flexibility index (Phi) is 7.77. The number of nitrogens with one attached hydrogen (secondary N) is 2. The molecule has 4 rings (SSSR count). The lowest BCUT2D eigenvalue weighted by Gasteiger charge is -2.29. The van der Waals surface area contributed by atoms with Crippen LogP contribution in [-0.4, -0.2) is 45.9 Å². The molecule has 1 fully saturated rings. The van der Waals surface area contributed by atoms with Crippen LogP contribution in [0.5, 0.6) is 0 Å². The minimum atomic E-state index is 0.253. The van der Waals surface area contributed by atoms with E-state index in [0.29, 0.717) is 0 Å². The Labute approximate surface area is 191 Å². The molecule has 0 aliphatic carbocycles. The van der Waals surface area contributed by atoms with Gasteiger partial charge in [-0.05, 0) is 28.8 Å². The molecule has 3 aromatic rings. The van der Waals surface area contributed by atoms with Crippen LogP contribution in [0.2, 0.25) is 0 Å². The van der Waals surface area contributed by atoms with Crippen LogP contribution in [0.1, 0.15) is 22.6 Å². The fraction of sp³-hybridized carbons (Fsp3) is 0.296. The van der Waals surface area contributed by atoms with E-state index in [1.807, 2.05) is 7.05 Å². The third-order valence-corrected chi connectivity index (χ3v) is 5.87. The quantitative estimate of drug-likeness (QED) is 0.441. The highest BCUT2D eigenvalue weighted by Gasteiger charge is 2.15. The summed E-state index contributed by atoms with van der Waals surface area (Å²) in [6.07, 6.45) is 0. The maximum absolute atomic E-state index is 5.45. The number of rotatable bonds is 7. The molecule has 1 saturated heterocycles. The van der Waals surface area contributed by atoms with Gasteiger partial charge in [-0.2, -0.15) is 0 Å². The third-order valence-electron chi connectivity index (χ3n) is 5.87. The molecule has 1 aliphatic rings. The predicted octanol–water partition coefficient (Wildman–Crippen LogP) is 4.02. The second-order valence-electron chi connectivity index (χ2n) is 7.95. The maximum Gasteiger partial charge on any atom is 0.191 e. The monoisotopic (exact) mass is 428 g/mol. The van der Waals surface area contributed by atoms with E-state index in [0.717, 1.165) is 45.4 Å². The van der Waals surface area contributed by atoms with Crippen molar-refractivity contribution in [2.45, 2.75) is 12.5 Å². The summed E-state index contributed by atoms with van der Waals surface area (Å²) in [5.74, 6) is 1.06. The molecule has 0 amide bonds. The molecule has 5 nitrogen and oxygen atoms in total. The topological polar surface area (TPSA) is 48.9 Å². The van der Waals surface area contributed by atoms with E-state index in [2.05, 4.69) is 105 Å². The van der Waals surface area contributed by atoms with Crippen LogP contribution < -0.4 is 15.5 Å². The van der Waals surface area contributed by atoms with Crippen molar-refractivity contribution in [3.05, 3.63) is 102 Å². The minimum Gasteiger partial charge on any atom is -0.378 e. The molecule has 3 aromatic carbocycles. The van der Waals surface area contributed by atoms with Gasteiger partial charge in [-0.1, -0.05) is 72.8 Å². The first kappa shape index (κ1) is 21.9. The first-order valence-corrected chi connectivity index (χ1v) is 11.3. The molecule has 0 spiro atoms. The zero-order chi connectivity index (χ0) is 22.0. The van der Waals surface area contributed by atoms with E-state index in [1.165, 1.54) is 22.4 Å². The molecule has 0 aromatic heterocycles. The van der Waals surface area contributed by atoms with E-state index < -0.39 is 0 Å². The molecule has 0 atom stereocenters. The first-order valence-electron chi connectivity index (χ1n) is 11.3. The second kappa shape index (κ2) is 11.3. The van der Waals surface area contributed by atoms with Crippen molar-refractivity contribution in [3.8, 4) is 0 Å². The Bertz CT molecular complexity index is 928. The SMILES string of the molecule is CN=C(NCc1ccc(N2CCOCC2)cc1)NCC(c1ccccc1)c1ccccc1. The van der Waals surface area contributed by atoms with Crippen LogP contribution in [-0.2, 0) is 11.3 Å². The Morgan fingerprint density at radius 1 is 0.844 bits per heavy atom. The average molecular weight is 429 g/mol. The summed E-state index contributed by atoms with van der Waals surface area (Å²) in [7, 11) is 1.82. The summed E-state index contributed by atoms with van der Waals surface area (Å²) >= 11 is 0. The van der Waals surface area contributed by atoms with Crippen molar-refractivity contribution >= 4 is 11.6 Å². The van der Waals surface area contributed by atoms with E-state index in [-0.39, 0.29) is 5.92 Å². The number of benzene rings is 3. The molecule has 0 radical (unpaired) electrons. The van der Waals surface area contributed by atoms with Crippen LogP contribution in [0.25, 0.3) is 0 Å². The van der Waals surface area contributed by atoms with Crippen molar-refractivity contribution in [2.24, 2.45) is 4.99 Å². The number of aliphatic imine (C=N–C) groups is 1. The minimum absolute atomic E-state index is 0.253. The van der Waals surface area contributed by atoms with Gasteiger partial charge in [0.15, 0.2) is 5.96 Å². The number of hydrogen-bond donors (Lipinski definition) is 2. The van der Waals surface area contributed by atoms with Gasteiger partial charge in [0.2, 0.25) is 0 Å². The highest BCUT2D eigenvalue weighted by Crippen LogP contribution is 2.23. The summed E-state index contributed by atoms with van der Waals surface area (Å²) in [6, 6.07) is 30.0. The Morgan fingerprint density at radius 3 is 2.00 bits per heavy atom. The molecular weight excluding hydrogens is 396 g/mol. The van der Waals surface area contributed by atoms with Crippen LogP contribution >= 0.6 is 0 Å². The van der Waals surface area contributed by atoms with E-state index in [1.54, 1.807) is 0 Å². The molecule has 0 saturated carbocycles. The number of ether oxygens (including phenoxy) is 1. The summed E-state index contributed by atoms with van der Waals surface area (Å²) in [6.45, 7) is 5.01. The van der Waals surface area contributed by atoms with Gasteiger partial charge in [-0.25, -0.2) is 0 Å². The molecular formula is C27H32N4O. The van der Waals surface area contributed by atoms with Gasteiger partial charge < -0.3 is 20.3 Å². The van der Waals surface area contributed by atoms with Crippen LogP contribution in [0, 0.1) is 0 Å². The highest BCUT2D eigenvalue weighted by atomic mass is 16.5. The number of guanidine groups is 1. The lowest BCUT2D eigenvalue weighted by molar-refractivity contribution is 0.122. The summed E-state index contributed by atoms with van der Waals surface area (Å²) in [5.41, 5.74) is 5.07. The van der Waals surface area contributed by atoms with Gasteiger partial charge in [-0.3, -0.25) is 4.99 Å². The largest absolute Gasteiger partial charge is 0.378 e. The zero-order valence-electron chi connectivity index (χ0n) is 18.7. The van der Waals surface area contributed by atoms with Crippen molar-refractivity contribution in [1.29, 1.82) is 0 Å². The van der Waals surface area contributed by atoms with Crippen molar-refractivity contribution in [1.82, 2.24) is 10.6 Å². The standard InChI is InChI=1S/C27H32N4O/c1-28-27(29-20-22-12-14-25(15-13-22)31-16-18-32-19-17-31)30-21-26(23-8-4-2-5-9-23)24-10-6-3-7-11-24/h2-15,26H,16-21H2,1H3,(H2,28,29,30). The van der Waals surface area contributed by atoms with Crippen LogP contribution in [0.4, 0.5) is 5.69 Å². The third kappa shape index (κ3) is 5.89. The van der Waals surface area contributed by atoms with E-state index in [9.17, 15) is 0 Å². The normalized spacial score (nSPS) is 14.4. The summed E-state index contributed by atoms with van der Waals surface area (Å²) in [5, 5.41) is 6.96. The maximum atomic E-state index is 5.45. The lowest BCUT2D eigenvalue weighted by atomic mass is 9.91. The molecule has 1 aliphatic heterocycles. The number of anilines is 1. The van der Waals surface area contributed by atoms with E-state index in [4.69, 9.17) is 4.74 Å². The highest BCUT2D eigenvalue weighted by molar-refractivity contribution is 5.79. The number of hydrogen-bond acceptors (Lipinski definition) is 3. The molecule has 166 valence electrons. The number of nitrogens with zero attached hydrogens (tertiary/aromatic N) is 2. The number of morpholine rings is 1. The smallest absolute Gasteiger partial charge is 0.191 e. The van der Waals surface area contributed by atoms with Crippen LogP contribution in [0.15, 0.2) is 89.9 Å². The average Bonchev–Trinajstić information content (AvgIpc) is 2.88. The Balaban J connectivity index is 1.34.